The number of imide groups is 1. The van der Waals surface area contributed by atoms with E-state index in [9.17, 15) is 40.7 Å². The fourth-order valence-electron chi connectivity index (χ4n) is 3.24. The summed E-state index contributed by atoms with van der Waals surface area (Å²) in [6.07, 6.45) is -3.51. The minimum absolute atomic E-state index is 0.0270. The van der Waals surface area contributed by atoms with Crippen molar-refractivity contribution in [2.75, 3.05) is 11.9 Å². The van der Waals surface area contributed by atoms with Gasteiger partial charge < -0.3 is 9.73 Å². The molecule has 13 heteroatoms. The first-order valence-corrected chi connectivity index (χ1v) is 10.7. The number of nitrogens with one attached hydrogen (secondary N) is 1. The number of nitrogens with zero attached hydrogens (tertiary/aromatic N) is 1. The van der Waals surface area contributed by atoms with Gasteiger partial charge in [-0.25, -0.2) is 13.2 Å². The summed E-state index contributed by atoms with van der Waals surface area (Å²) >= 11 is 0.440. The number of furan rings is 1. The van der Waals surface area contributed by atoms with Crippen LogP contribution >= 0.6 is 11.8 Å². The zero-order valence-corrected chi connectivity index (χ0v) is 18.5. The van der Waals surface area contributed by atoms with E-state index in [-0.39, 0.29) is 22.0 Å². The molecule has 0 saturated carbocycles. The number of hydrogen-bond donors (Lipinski definition) is 1. The summed E-state index contributed by atoms with van der Waals surface area (Å²) in [5, 5.41) is 1.08. The van der Waals surface area contributed by atoms with Gasteiger partial charge in [-0.05, 0) is 42.1 Å². The predicted molar refractivity (Wildman–Crippen MR) is 117 cm³/mol. The van der Waals surface area contributed by atoms with E-state index in [0.29, 0.717) is 22.7 Å². The van der Waals surface area contributed by atoms with E-state index in [1.165, 1.54) is 30.3 Å². The van der Waals surface area contributed by atoms with Gasteiger partial charge in [0.2, 0.25) is 5.91 Å². The molecular weight excluding hydrogens is 514 g/mol. The summed E-state index contributed by atoms with van der Waals surface area (Å²) in [7, 11) is 0. The number of amides is 3. The van der Waals surface area contributed by atoms with Crippen LogP contribution < -0.4 is 5.32 Å². The van der Waals surface area contributed by atoms with Crippen molar-refractivity contribution < 1.29 is 45.1 Å². The number of alkyl halides is 3. The molecular formula is C23H12F6N2O4S. The van der Waals surface area contributed by atoms with Gasteiger partial charge in [0.25, 0.3) is 11.1 Å². The van der Waals surface area contributed by atoms with Crippen LogP contribution in [0.15, 0.2) is 57.9 Å². The van der Waals surface area contributed by atoms with Gasteiger partial charge in [0, 0.05) is 11.6 Å². The number of thioether (sulfide) groups is 1. The lowest BCUT2D eigenvalue weighted by Crippen LogP contribution is -2.36. The first-order chi connectivity index (χ1) is 17.0. The van der Waals surface area contributed by atoms with Gasteiger partial charge in [-0.3, -0.25) is 19.3 Å². The minimum Gasteiger partial charge on any atom is -0.457 e. The van der Waals surface area contributed by atoms with E-state index < -0.39 is 58.5 Å². The monoisotopic (exact) mass is 526 g/mol. The fourth-order valence-corrected chi connectivity index (χ4v) is 4.06. The zero-order chi connectivity index (χ0) is 26.2. The van der Waals surface area contributed by atoms with Crippen LogP contribution in [0.4, 0.5) is 36.8 Å². The molecule has 0 spiro atoms. The van der Waals surface area contributed by atoms with E-state index in [1.807, 2.05) is 5.32 Å². The zero-order valence-electron chi connectivity index (χ0n) is 17.7. The van der Waals surface area contributed by atoms with Crippen molar-refractivity contribution >= 4 is 40.6 Å². The molecule has 1 saturated heterocycles. The summed E-state index contributed by atoms with van der Waals surface area (Å²) < 4.78 is 85.3. The van der Waals surface area contributed by atoms with E-state index in [0.717, 1.165) is 18.2 Å². The largest absolute Gasteiger partial charge is 0.457 e. The Morgan fingerprint density at radius 3 is 2.44 bits per heavy atom. The van der Waals surface area contributed by atoms with Crippen molar-refractivity contribution in [3.8, 4) is 11.3 Å². The van der Waals surface area contributed by atoms with E-state index in [1.54, 1.807) is 0 Å². The Kier molecular flexibility index (Phi) is 6.67. The highest BCUT2D eigenvalue weighted by Crippen LogP contribution is 2.38. The molecule has 1 aliphatic rings. The van der Waals surface area contributed by atoms with Gasteiger partial charge in [-0.2, -0.15) is 13.2 Å². The molecule has 2 aromatic carbocycles. The third kappa shape index (κ3) is 5.00. The fraction of sp³-hybridized carbons (Fsp3) is 0.0870. The number of benzene rings is 2. The van der Waals surface area contributed by atoms with E-state index in [2.05, 4.69) is 0 Å². The Labute approximate surface area is 202 Å². The summed E-state index contributed by atoms with van der Waals surface area (Å²) in [6, 6.07) is 8.65. The highest BCUT2D eigenvalue weighted by atomic mass is 32.2. The van der Waals surface area contributed by atoms with Crippen molar-refractivity contribution in [3.05, 3.63) is 82.2 Å². The van der Waals surface area contributed by atoms with E-state index in [4.69, 9.17) is 4.42 Å². The van der Waals surface area contributed by atoms with Gasteiger partial charge in [0.1, 0.15) is 18.1 Å². The predicted octanol–water partition coefficient (Wildman–Crippen LogP) is 6.06. The Morgan fingerprint density at radius 1 is 1.00 bits per heavy atom. The number of carbonyl (C=O) groups excluding carboxylic acids is 3. The Balaban J connectivity index is 1.49. The quantitative estimate of drug-likeness (QED) is 0.249. The average Bonchev–Trinajstić information content (AvgIpc) is 3.39. The highest BCUT2D eigenvalue weighted by Gasteiger charge is 2.37. The molecule has 0 radical (unpaired) electrons. The second-order valence-electron chi connectivity index (χ2n) is 7.28. The summed E-state index contributed by atoms with van der Waals surface area (Å²) in [5.74, 6) is -7.06. The van der Waals surface area contributed by atoms with Crippen LogP contribution in [0.5, 0.6) is 0 Å². The maximum atomic E-state index is 13.7. The number of hydrogen-bond acceptors (Lipinski definition) is 5. The number of halogens is 6. The lowest BCUT2D eigenvalue weighted by Gasteiger charge is -2.13. The molecule has 1 aliphatic heterocycles. The molecule has 3 amide bonds. The molecule has 0 atom stereocenters. The molecule has 0 aliphatic carbocycles. The van der Waals surface area contributed by atoms with Crippen LogP contribution in [-0.4, -0.2) is 28.5 Å². The van der Waals surface area contributed by atoms with E-state index >= 15 is 0 Å². The molecule has 6 nitrogen and oxygen atoms in total. The van der Waals surface area contributed by atoms with Gasteiger partial charge in [-0.15, -0.1) is 0 Å². The van der Waals surface area contributed by atoms with Crippen LogP contribution in [0.3, 0.4) is 0 Å². The first kappa shape index (κ1) is 25.1. The van der Waals surface area contributed by atoms with Crippen LogP contribution in [0.25, 0.3) is 17.4 Å². The lowest BCUT2D eigenvalue weighted by atomic mass is 10.1. The highest BCUT2D eigenvalue weighted by molar-refractivity contribution is 8.18. The molecule has 1 fully saturated rings. The average molecular weight is 526 g/mol. The Bertz CT molecular complexity index is 1420. The molecule has 186 valence electrons. The van der Waals surface area contributed by atoms with Gasteiger partial charge in [-0.1, -0.05) is 18.2 Å². The third-order valence-corrected chi connectivity index (χ3v) is 5.79. The molecule has 0 bridgehead atoms. The number of carbonyl (C=O) groups is 3. The van der Waals surface area contributed by atoms with Crippen molar-refractivity contribution in [2.45, 2.75) is 6.18 Å². The Morgan fingerprint density at radius 2 is 1.72 bits per heavy atom. The molecule has 2 heterocycles. The number of anilines is 1. The van der Waals surface area contributed by atoms with Crippen LogP contribution in [0.2, 0.25) is 0 Å². The third-order valence-electron chi connectivity index (χ3n) is 4.88. The molecule has 1 N–H and O–H groups in total. The molecule has 1 aromatic heterocycles. The molecule has 3 aromatic rings. The maximum absolute atomic E-state index is 13.7. The second-order valence-corrected chi connectivity index (χ2v) is 8.28. The topological polar surface area (TPSA) is 79.6 Å². The normalized spacial score (nSPS) is 15.2. The van der Waals surface area contributed by atoms with Crippen LogP contribution in [0, 0.1) is 17.5 Å². The van der Waals surface area contributed by atoms with Crippen molar-refractivity contribution in [3.63, 3.8) is 0 Å². The van der Waals surface area contributed by atoms with Crippen LogP contribution in [0.1, 0.15) is 11.3 Å². The summed E-state index contributed by atoms with van der Waals surface area (Å²) in [5.41, 5.74) is -1.84. The van der Waals surface area contributed by atoms with Gasteiger partial charge in [0.15, 0.2) is 17.5 Å². The molecule has 36 heavy (non-hydrogen) atoms. The molecule has 0 unspecified atom stereocenters. The first-order valence-electron chi connectivity index (χ1n) is 9.91. The second kappa shape index (κ2) is 9.57. The smallest absolute Gasteiger partial charge is 0.417 e. The Hall–Kier alpha value is -4.00. The van der Waals surface area contributed by atoms with Crippen molar-refractivity contribution in [2.24, 2.45) is 0 Å². The standard InChI is InChI=1S/C23H12F6N2O4S/c24-14-6-7-15(20(26)19(14)25)30-18(32)10-31-21(33)17(36-22(31)34)9-11-5-8-16(35-11)12-3-1-2-4-13(12)23(27,28)29/h1-9H,10H2,(H,30,32)/b17-9+. The van der Waals surface area contributed by atoms with Crippen molar-refractivity contribution in [1.29, 1.82) is 0 Å². The number of rotatable bonds is 5. The van der Waals surface area contributed by atoms with Gasteiger partial charge in [0.05, 0.1) is 16.2 Å². The summed E-state index contributed by atoms with van der Waals surface area (Å²) in [6.45, 7) is -0.858. The lowest BCUT2D eigenvalue weighted by molar-refractivity contribution is -0.137. The maximum Gasteiger partial charge on any atom is 0.417 e. The minimum atomic E-state index is -4.63. The summed E-state index contributed by atoms with van der Waals surface area (Å²) in [4.78, 5) is 37.3. The van der Waals surface area contributed by atoms with Crippen LogP contribution in [-0.2, 0) is 15.8 Å². The molecule has 4 rings (SSSR count). The SMILES string of the molecule is O=C(CN1C(=O)S/C(=C/c2ccc(-c3ccccc3C(F)(F)F)o2)C1=O)Nc1ccc(F)c(F)c1F. The van der Waals surface area contributed by atoms with Crippen molar-refractivity contribution in [1.82, 2.24) is 4.90 Å². The van der Waals surface area contributed by atoms with Gasteiger partial charge >= 0.3 is 6.18 Å².